The summed E-state index contributed by atoms with van der Waals surface area (Å²) in [7, 11) is 0. The second-order valence-corrected chi connectivity index (χ2v) is 7.56. The van der Waals surface area contributed by atoms with E-state index in [4.69, 9.17) is 5.73 Å². The number of fused-ring (bicyclic) bond motifs is 3. The van der Waals surface area contributed by atoms with Crippen molar-refractivity contribution >= 4 is 37.2 Å². The minimum Gasteiger partial charge on any atom is -0.399 e. The number of hydrogen-bond donors (Lipinski definition) is 1. The lowest BCUT2D eigenvalue weighted by Gasteiger charge is -2.10. The molecule has 124 valence electrons. The minimum atomic E-state index is 0.790. The highest BCUT2D eigenvalue weighted by Gasteiger charge is 2.10. The van der Waals surface area contributed by atoms with Crippen LogP contribution in [0, 0.1) is 0 Å². The van der Waals surface area contributed by atoms with Gasteiger partial charge in [0.1, 0.15) is 0 Å². The molecular formula is C24H17NS. The standard InChI is InChI=1S/C24H17NS/c25-18-12-9-16(10-13-18)19-5-1-2-6-20(19)17-11-14-22-21-7-3-4-8-23(21)26-24(22)15-17/h1-15H,25H2. The average Bonchev–Trinajstić information content (AvgIpc) is 3.06. The van der Waals surface area contributed by atoms with Gasteiger partial charge in [-0.3, -0.25) is 0 Å². The molecule has 1 aromatic heterocycles. The van der Waals surface area contributed by atoms with E-state index in [1.165, 1.54) is 42.4 Å². The molecule has 2 N–H and O–H groups in total. The summed E-state index contributed by atoms with van der Waals surface area (Å²) in [5, 5.41) is 2.67. The zero-order valence-electron chi connectivity index (χ0n) is 14.1. The fourth-order valence-corrected chi connectivity index (χ4v) is 4.69. The highest BCUT2D eigenvalue weighted by molar-refractivity contribution is 7.25. The fourth-order valence-electron chi connectivity index (χ4n) is 3.54. The van der Waals surface area contributed by atoms with Crippen molar-refractivity contribution in [3.8, 4) is 22.3 Å². The van der Waals surface area contributed by atoms with Gasteiger partial charge >= 0.3 is 0 Å². The highest BCUT2D eigenvalue weighted by atomic mass is 32.1. The van der Waals surface area contributed by atoms with E-state index < -0.39 is 0 Å². The zero-order chi connectivity index (χ0) is 17.5. The third-order valence-corrected chi connectivity index (χ3v) is 5.97. The molecule has 0 saturated heterocycles. The van der Waals surface area contributed by atoms with Gasteiger partial charge < -0.3 is 5.73 Å². The SMILES string of the molecule is Nc1ccc(-c2ccccc2-c2ccc3c(c2)sc2ccccc23)cc1. The zero-order valence-corrected chi connectivity index (χ0v) is 15.0. The Morgan fingerprint density at radius 1 is 0.538 bits per heavy atom. The molecule has 5 aromatic rings. The van der Waals surface area contributed by atoms with Crippen molar-refractivity contribution in [1.82, 2.24) is 0 Å². The summed E-state index contributed by atoms with van der Waals surface area (Å²) in [5.41, 5.74) is 11.6. The third-order valence-electron chi connectivity index (χ3n) is 4.84. The van der Waals surface area contributed by atoms with E-state index in [9.17, 15) is 0 Å². The quantitative estimate of drug-likeness (QED) is 0.341. The molecule has 1 heterocycles. The Morgan fingerprint density at radius 2 is 1.15 bits per heavy atom. The molecular weight excluding hydrogens is 334 g/mol. The number of rotatable bonds is 2. The average molecular weight is 351 g/mol. The first-order valence-corrected chi connectivity index (χ1v) is 9.48. The Balaban J connectivity index is 1.70. The van der Waals surface area contributed by atoms with Crippen molar-refractivity contribution in [2.75, 3.05) is 5.73 Å². The van der Waals surface area contributed by atoms with Gasteiger partial charge in [-0.15, -0.1) is 11.3 Å². The van der Waals surface area contributed by atoms with E-state index in [2.05, 4.69) is 78.9 Å². The topological polar surface area (TPSA) is 26.0 Å². The normalized spacial score (nSPS) is 11.2. The second kappa shape index (κ2) is 6.01. The third kappa shape index (κ3) is 2.47. The number of hydrogen-bond acceptors (Lipinski definition) is 2. The van der Waals surface area contributed by atoms with Crippen molar-refractivity contribution in [1.29, 1.82) is 0 Å². The predicted molar refractivity (Wildman–Crippen MR) is 115 cm³/mol. The Labute approximate surface area is 156 Å². The molecule has 2 heteroatoms. The molecule has 0 bridgehead atoms. The van der Waals surface area contributed by atoms with Gasteiger partial charge in [-0.1, -0.05) is 66.7 Å². The first-order valence-electron chi connectivity index (χ1n) is 8.66. The first-order chi connectivity index (χ1) is 12.8. The Morgan fingerprint density at radius 3 is 1.96 bits per heavy atom. The predicted octanol–water partition coefficient (Wildman–Crippen LogP) is 6.97. The van der Waals surface area contributed by atoms with Gasteiger partial charge in [0.25, 0.3) is 0 Å². The Kier molecular flexibility index (Phi) is 3.51. The van der Waals surface area contributed by atoms with Crippen molar-refractivity contribution in [3.05, 3.63) is 91.0 Å². The first kappa shape index (κ1) is 15.2. The van der Waals surface area contributed by atoms with Gasteiger partial charge in [0.05, 0.1) is 0 Å². The monoisotopic (exact) mass is 351 g/mol. The lowest BCUT2D eigenvalue weighted by atomic mass is 9.94. The Hall–Kier alpha value is -3.10. The minimum absolute atomic E-state index is 0.790. The van der Waals surface area contributed by atoms with E-state index in [0.717, 1.165) is 5.69 Å². The van der Waals surface area contributed by atoms with Crippen LogP contribution in [0.2, 0.25) is 0 Å². The van der Waals surface area contributed by atoms with E-state index >= 15 is 0 Å². The molecule has 5 rings (SSSR count). The highest BCUT2D eigenvalue weighted by Crippen LogP contribution is 2.38. The van der Waals surface area contributed by atoms with Crippen molar-refractivity contribution in [2.24, 2.45) is 0 Å². The van der Waals surface area contributed by atoms with Crippen molar-refractivity contribution in [3.63, 3.8) is 0 Å². The van der Waals surface area contributed by atoms with Crippen LogP contribution in [-0.2, 0) is 0 Å². The smallest absolute Gasteiger partial charge is 0.0361 e. The molecule has 0 saturated carbocycles. The van der Waals surface area contributed by atoms with Crippen LogP contribution < -0.4 is 5.73 Å². The molecule has 0 atom stereocenters. The summed E-state index contributed by atoms with van der Waals surface area (Å²) in [6.45, 7) is 0. The van der Waals surface area contributed by atoms with Gasteiger partial charge in [-0.25, -0.2) is 0 Å². The van der Waals surface area contributed by atoms with Crippen LogP contribution in [0.5, 0.6) is 0 Å². The molecule has 0 unspecified atom stereocenters. The van der Waals surface area contributed by atoms with Gasteiger partial charge in [-0.2, -0.15) is 0 Å². The van der Waals surface area contributed by atoms with Gasteiger partial charge in [0.15, 0.2) is 0 Å². The van der Waals surface area contributed by atoms with Crippen molar-refractivity contribution < 1.29 is 0 Å². The molecule has 0 spiro atoms. The molecule has 0 radical (unpaired) electrons. The van der Waals surface area contributed by atoms with Gasteiger partial charge in [0, 0.05) is 25.9 Å². The molecule has 4 aromatic carbocycles. The van der Waals surface area contributed by atoms with Gasteiger partial charge in [0.2, 0.25) is 0 Å². The van der Waals surface area contributed by atoms with Crippen LogP contribution in [0.25, 0.3) is 42.4 Å². The fraction of sp³-hybridized carbons (Fsp3) is 0. The number of nitrogen functional groups attached to an aromatic ring is 1. The molecule has 1 nitrogen and oxygen atoms in total. The molecule has 0 aliphatic heterocycles. The lowest BCUT2D eigenvalue weighted by Crippen LogP contribution is -1.87. The number of nitrogens with two attached hydrogens (primary N) is 1. The van der Waals surface area contributed by atoms with Crippen LogP contribution >= 0.6 is 11.3 Å². The lowest BCUT2D eigenvalue weighted by molar-refractivity contribution is 1.59. The van der Waals surface area contributed by atoms with E-state index in [0.29, 0.717) is 0 Å². The number of anilines is 1. The van der Waals surface area contributed by atoms with Crippen molar-refractivity contribution in [2.45, 2.75) is 0 Å². The maximum Gasteiger partial charge on any atom is 0.0361 e. The second-order valence-electron chi connectivity index (χ2n) is 6.48. The van der Waals surface area contributed by atoms with Crippen LogP contribution in [0.15, 0.2) is 91.0 Å². The summed E-state index contributed by atoms with van der Waals surface area (Å²) < 4.78 is 2.67. The molecule has 0 amide bonds. The summed E-state index contributed by atoms with van der Waals surface area (Å²) in [6, 6.07) is 32.1. The summed E-state index contributed by atoms with van der Waals surface area (Å²) >= 11 is 1.86. The van der Waals surface area contributed by atoms with Crippen LogP contribution in [-0.4, -0.2) is 0 Å². The van der Waals surface area contributed by atoms with E-state index in [1.54, 1.807) is 0 Å². The molecule has 0 fully saturated rings. The van der Waals surface area contributed by atoms with Crippen LogP contribution in [0.3, 0.4) is 0 Å². The Bertz CT molecular complexity index is 1230. The van der Waals surface area contributed by atoms with E-state index in [-0.39, 0.29) is 0 Å². The maximum absolute atomic E-state index is 5.85. The molecule has 0 aliphatic rings. The van der Waals surface area contributed by atoms with Crippen LogP contribution in [0.4, 0.5) is 5.69 Å². The van der Waals surface area contributed by atoms with E-state index in [1.807, 2.05) is 23.5 Å². The molecule has 0 aliphatic carbocycles. The van der Waals surface area contributed by atoms with Crippen LogP contribution in [0.1, 0.15) is 0 Å². The number of thiophene rings is 1. The summed E-state index contributed by atoms with van der Waals surface area (Å²) in [5.74, 6) is 0. The molecule has 26 heavy (non-hydrogen) atoms. The number of benzene rings is 4. The summed E-state index contributed by atoms with van der Waals surface area (Å²) in [4.78, 5) is 0. The van der Waals surface area contributed by atoms with Gasteiger partial charge in [-0.05, 0) is 46.5 Å². The summed E-state index contributed by atoms with van der Waals surface area (Å²) in [6.07, 6.45) is 0. The maximum atomic E-state index is 5.85. The largest absolute Gasteiger partial charge is 0.399 e.